The van der Waals surface area contributed by atoms with Crippen molar-refractivity contribution < 1.29 is 4.79 Å². The molecule has 0 fully saturated rings. The lowest BCUT2D eigenvalue weighted by molar-refractivity contribution is 0.102. The van der Waals surface area contributed by atoms with Crippen LogP contribution in [0.25, 0.3) is 27.7 Å². The van der Waals surface area contributed by atoms with E-state index in [9.17, 15) is 4.79 Å². The van der Waals surface area contributed by atoms with E-state index in [0.29, 0.717) is 5.56 Å². The fourth-order valence-electron chi connectivity index (χ4n) is 3.60. The first kappa shape index (κ1) is 17.2. The van der Waals surface area contributed by atoms with Gasteiger partial charge >= 0.3 is 0 Å². The van der Waals surface area contributed by atoms with Crippen molar-refractivity contribution in [2.45, 2.75) is 6.92 Å². The van der Waals surface area contributed by atoms with E-state index in [4.69, 9.17) is 0 Å². The molecule has 29 heavy (non-hydrogen) atoms. The zero-order chi connectivity index (χ0) is 19.8. The van der Waals surface area contributed by atoms with Crippen LogP contribution in [0.2, 0.25) is 0 Å². The zero-order valence-electron chi connectivity index (χ0n) is 16.0. The number of rotatable bonds is 3. The van der Waals surface area contributed by atoms with E-state index in [1.807, 2.05) is 103 Å². The quantitative estimate of drug-likeness (QED) is 0.437. The minimum Gasteiger partial charge on any atom is -0.322 e. The average molecular weight is 377 g/mol. The van der Waals surface area contributed by atoms with Gasteiger partial charge in [0, 0.05) is 29.2 Å². The first-order valence-corrected chi connectivity index (χ1v) is 9.53. The van der Waals surface area contributed by atoms with Crippen molar-refractivity contribution in [1.29, 1.82) is 0 Å². The number of carbonyl (C=O) groups is 1. The van der Waals surface area contributed by atoms with E-state index in [-0.39, 0.29) is 5.91 Å². The van der Waals surface area contributed by atoms with Gasteiger partial charge in [0.15, 0.2) is 0 Å². The molecule has 0 bridgehead atoms. The summed E-state index contributed by atoms with van der Waals surface area (Å²) < 4.78 is 1.99. The van der Waals surface area contributed by atoms with Gasteiger partial charge < -0.3 is 9.72 Å². The fourth-order valence-corrected chi connectivity index (χ4v) is 3.60. The Morgan fingerprint density at radius 1 is 0.931 bits per heavy atom. The standard InChI is InChI=1S/C25H19N3O/c1-17-12-13-19(23-16-28-14-5-4-11-24(28)26-23)15-22(17)27-25(29)21-10-6-8-18-7-2-3-9-20(18)21/h2-16H,1H3,(H,27,29). The molecular formula is C25H19N3O. The SMILES string of the molecule is Cc1ccc(-c2cn3ccccc3n2)cc1NC(=O)c1cccc2ccccc12. The van der Waals surface area contributed by atoms with Crippen LogP contribution in [0.1, 0.15) is 15.9 Å². The van der Waals surface area contributed by atoms with Crippen LogP contribution in [-0.4, -0.2) is 15.3 Å². The molecule has 0 radical (unpaired) electrons. The van der Waals surface area contributed by atoms with Gasteiger partial charge in [0.1, 0.15) is 5.65 Å². The summed E-state index contributed by atoms with van der Waals surface area (Å²) in [6.07, 6.45) is 3.97. The molecule has 1 N–H and O–H groups in total. The Morgan fingerprint density at radius 3 is 2.66 bits per heavy atom. The van der Waals surface area contributed by atoms with Crippen LogP contribution in [0.4, 0.5) is 5.69 Å². The monoisotopic (exact) mass is 377 g/mol. The number of fused-ring (bicyclic) bond motifs is 2. The number of carbonyl (C=O) groups excluding carboxylic acids is 1. The van der Waals surface area contributed by atoms with Crippen molar-refractivity contribution in [3.05, 3.63) is 102 Å². The third kappa shape index (κ3) is 3.15. The van der Waals surface area contributed by atoms with E-state index >= 15 is 0 Å². The van der Waals surface area contributed by atoms with Crippen molar-refractivity contribution in [3.63, 3.8) is 0 Å². The molecule has 0 aliphatic rings. The molecule has 2 aromatic heterocycles. The summed E-state index contributed by atoms with van der Waals surface area (Å²) in [4.78, 5) is 17.7. The molecule has 0 atom stereocenters. The van der Waals surface area contributed by atoms with Crippen molar-refractivity contribution in [2.75, 3.05) is 5.32 Å². The number of pyridine rings is 1. The summed E-state index contributed by atoms with van der Waals surface area (Å²) in [5, 5.41) is 5.09. The van der Waals surface area contributed by atoms with Crippen LogP contribution < -0.4 is 5.32 Å². The summed E-state index contributed by atoms with van der Waals surface area (Å²) in [5.41, 5.74) is 5.19. The highest BCUT2D eigenvalue weighted by molar-refractivity contribution is 6.13. The van der Waals surface area contributed by atoms with Crippen LogP contribution >= 0.6 is 0 Å². The van der Waals surface area contributed by atoms with E-state index in [0.717, 1.165) is 38.9 Å². The second-order valence-electron chi connectivity index (χ2n) is 7.10. The number of amides is 1. The summed E-state index contributed by atoms with van der Waals surface area (Å²) in [7, 11) is 0. The summed E-state index contributed by atoms with van der Waals surface area (Å²) in [5.74, 6) is -0.114. The molecule has 4 nitrogen and oxygen atoms in total. The maximum absolute atomic E-state index is 13.0. The summed E-state index contributed by atoms with van der Waals surface area (Å²) >= 11 is 0. The molecule has 5 rings (SSSR count). The third-order valence-electron chi connectivity index (χ3n) is 5.18. The zero-order valence-corrected chi connectivity index (χ0v) is 16.0. The van der Waals surface area contributed by atoms with Gasteiger partial charge in [0.25, 0.3) is 5.91 Å². The molecule has 2 heterocycles. The number of imidazole rings is 1. The van der Waals surface area contributed by atoms with Gasteiger partial charge in [-0.25, -0.2) is 4.98 Å². The van der Waals surface area contributed by atoms with Crippen molar-refractivity contribution in [1.82, 2.24) is 9.38 Å². The maximum atomic E-state index is 13.0. The van der Waals surface area contributed by atoms with Crippen LogP contribution in [0.5, 0.6) is 0 Å². The number of anilines is 1. The lowest BCUT2D eigenvalue weighted by Gasteiger charge is -2.11. The lowest BCUT2D eigenvalue weighted by atomic mass is 10.0. The second-order valence-corrected chi connectivity index (χ2v) is 7.10. The smallest absolute Gasteiger partial charge is 0.256 e. The molecule has 1 amide bonds. The fraction of sp³-hybridized carbons (Fsp3) is 0.0400. The van der Waals surface area contributed by atoms with E-state index in [1.54, 1.807) is 0 Å². The predicted octanol–water partition coefficient (Wildman–Crippen LogP) is 5.72. The number of benzene rings is 3. The molecule has 0 unspecified atom stereocenters. The molecule has 0 aliphatic carbocycles. The largest absolute Gasteiger partial charge is 0.322 e. The van der Waals surface area contributed by atoms with Gasteiger partial charge in [0.2, 0.25) is 0 Å². The van der Waals surface area contributed by atoms with Crippen LogP contribution in [0, 0.1) is 6.92 Å². The first-order valence-electron chi connectivity index (χ1n) is 9.53. The Hall–Kier alpha value is -3.92. The molecular weight excluding hydrogens is 358 g/mol. The number of hydrogen-bond donors (Lipinski definition) is 1. The maximum Gasteiger partial charge on any atom is 0.256 e. The van der Waals surface area contributed by atoms with Crippen molar-refractivity contribution in [2.24, 2.45) is 0 Å². The first-order chi connectivity index (χ1) is 14.2. The van der Waals surface area contributed by atoms with E-state index in [2.05, 4.69) is 10.3 Å². The molecule has 0 saturated carbocycles. The predicted molar refractivity (Wildman–Crippen MR) is 117 cm³/mol. The lowest BCUT2D eigenvalue weighted by Crippen LogP contribution is -2.13. The number of hydrogen-bond acceptors (Lipinski definition) is 2. The van der Waals surface area contributed by atoms with Crippen molar-refractivity contribution >= 4 is 28.0 Å². The Kier molecular flexibility index (Phi) is 4.10. The van der Waals surface area contributed by atoms with Gasteiger partial charge in [-0.1, -0.05) is 54.6 Å². The number of nitrogens with one attached hydrogen (secondary N) is 1. The Bertz CT molecular complexity index is 1330. The Labute approximate surface area is 168 Å². The topological polar surface area (TPSA) is 46.4 Å². The molecule has 140 valence electrons. The molecule has 3 aromatic carbocycles. The Balaban J connectivity index is 1.51. The molecule has 5 aromatic rings. The number of aryl methyl sites for hydroxylation is 1. The number of aromatic nitrogens is 2. The highest BCUT2D eigenvalue weighted by Gasteiger charge is 2.13. The van der Waals surface area contributed by atoms with Gasteiger partial charge in [-0.2, -0.15) is 0 Å². The highest BCUT2D eigenvalue weighted by Crippen LogP contribution is 2.26. The molecule has 0 spiro atoms. The molecule has 4 heteroatoms. The summed E-state index contributed by atoms with van der Waals surface area (Å²) in [6.45, 7) is 1.99. The highest BCUT2D eigenvalue weighted by atomic mass is 16.1. The van der Waals surface area contributed by atoms with Crippen LogP contribution in [-0.2, 0) is 0 Å². The number of nitrogens with zero attached hydrogens (tertiary/aromatic N) is 2. The van der Waals surface area contributed by atoms with Crippen molar-refractivity contribution in [3.8, 4) is 11.3 Å². The van der Waals surface area contributed by atoms with Gasteiger partial charge in [-0.3, -0.25) is 4.79 Å². The minimum absolute atomic E-state index is 0.114. The van der Waals surface area contributed by atoms with E-state index in [1.165, 1.54) is 0 Å². The molecule has 0 saturated heterocycles. The normalized spacial score (nSPS) is 11.1. The van der Waals surface area contributed by atoms with E-state index < -0.39 is 0 Å². The summed E-state index contributed by atoms with van der Waals surface area (Å²) in [6, 6.07) is 25.7. The van der Waals surface area contributed by atoms with Gasteiger partial charge in [0.05, 0.1) is 5.69 Å². The average Bonchev–Trinajstić information content (AvgIpc) is 3.19. The van der Waals surface area contributed by atoms with Crippen LogP contribution in [0.15, 0.2) is 91.3 Å². The van der Waals surface area contributed by atoms with Gasteiger partial charge in [-0.15, -0.1) is 0 Å². The Morgan fingerprint density at radius 2 is 1.76 bits per heavy atom. The van der Waals surface area contributed by atoms with Crippen LogP contribution in [0.3, 0.4) is 0 Å². The molecule has 0 aliphatic heterocycles. The second kappa shape index (κ2) is 6.91. The van der Waals surface area contributed by atoms with Gasteiger partial charge in [-0.05, 0) is 47.5 Å². The third-order valence-corrected chi connectivity index (χ3v) is 5.18. The minimum atomic E-state index is -0.114.